The van der Waals surface area contributed by atoms with Crippen molar-refractivity contribution < 1.29 is 23.0 Å². The first-order chi connectivity index (χ1) is 21.9. The molecule has 2 fully saturated rings. The lowest BCUT2D eigenvalue weighted by atomic mass is 9.96. The minimum atomic E-state index is -2.86. The molecule has 1 saturated heterocycles. The minimum Gasteiger partial charge on any atom is -0.435 e. The van der Waals surface area contributed by atoms with E-state index in [4.69, 9.17) is 0 Å². The zero-order valence-corrected chi connectivity index (χ0v) is 26.6. The second kappa shape index (κ2) is 14.8. The second-order valence-electron chi connectivity index (χ2n) is 11.4. The quantitative estimate of drug-likeness (QED) is 0.198. The predicted molar refractivity (Wildman–Crippen MR) is 177 cm³/mol. The molecule has 2 atom stereocenters. The summed E-state index contributed by atoms with van der Waals surface area (Å²) in [5.41, 5.74) is 6.44. The van der Waals surface area contributed by atoms with Crippen LogP contribution in [0.3, 0.4) is 0 Å². The third-order valence-corrected chi connectivity index (χ3v) is 9.20. The maximum absolute atomic E-state index is 13.0. The van der Waals surface area contributed by atoms with E-state index in [1.165, 1.54) is 28.8 Å². The molecule has 2 amide bonds. The lowest BCUT2D eigenvalue weighted by Crippen LogP contribution is -2.33. The van der Waals surface area contributed by atoms with Gasteiger partial charge in [0.25, 0.3) is 0 Å². The molecular formula is C34H37F3N6O2S. The Balaban J connectivity index is 0.00000417. The fourth-order valence-corrected chi connectivity index (χ4v) is 6.99. The number of nitrogens with one attached hydrogen (secondary N) is 1. The van der Waals surface area contributed by atoms with E-state index in [1.807, 2.05) is 12.1 Å². The van der Waals surface area contributed by atoms with Gasteiger partial charge in [0.1, 0.15) is 12.1 Å². The number of amidine groups is 1. The fraction of sp³-hybridized carbons (Fsp3) is 0.353. The number of alkyl halides is 2. The number of aryl methyl sites for hydroxylation is 2. The summed E-state index contributed by atoms with van der Waals surface area (Å²) in [4.78, 5) is 24.2. The van der Waals surface area contributed by atoms with Gasteiger partial charge >= 0.3 is 12.6 Å². The Kier molecular flexibility index (Phi) is 10.7. The Hall–Kier alpha value is -4.32. The van der Waals surface area contributed by atoms with E-state index in [0.717, 1.165) is 60.8 Å². The van der Waals surface area contributed by atoms with Crippen LogP contribution in [0, 0.1) is 6.92 Å². The lowest BCUT2D eigenvalue weighted by Gasteiger charge is -2.22. The topological polar surface area (TPSA) is 84.6 Å². The average Bonchev–Trinajstić information content (AvgIpc) is 3.80. The molecule has 1 saturated carbocycles. The Bertz CT molecular complexity index is 1660. The molecule has 1 aromatic heterocycles. The highest BCUT2D eigenvalue weighted by molar-refractivity contribution is 8.14. The molecule has 1 N–H and O–H groups in total. The van der Waals surface area contributed by atoms with Crippen molar-refractivity contribution in [2.24, 2.45) is 4.99 Å². The van der Waals surface area contributed by atoms with E-state index in [-0.39, 0.29) is 22.5 Å². The van der Waals surface area contributed by atoms with Crippen LogP contribution in [0.2, 0.25) is 0 Å². The Morgan fingerprint density at radius 3 is 2.63 bits per heavy atom. The molecule has 2 unspecified atom stereocenters. The maximum Gasteiger partial charge on any atom is 0.387 e. The van der Waals surface area contributed by atoms with Crippen molar-refractivity contribution in [3.63, 3.8) is 0 Å². The smallest absolute Gasteiger partial charge is 0.387 e. The molecule has 8 nitrogen and oxygen atoms in total. The summed E-state index contributed by atoms with van der Waals surface area (Å²) in [6.45, 7) is 2.27. The molecule has 12 heteroatoms. The van der Waals surface area contributed by atoms with Crippen molar-refractivity contribution in [3.05, 3.63) is 89.7 Å². The Morgan fingerprint density at radius 2 is 1.89 bits per heavy atom. The number of rotatable bonds is 9. The largest absolute Gasteiger partial charge is 0.435 e. The molecule has 0 bridgehead atoms. The van der Waals surface area contributed by atoms with Crippen LogP contribution in [0.15, 0.2) is 78.0 Å². The van der Waals surface area contributed by atoms with Gasteiger partial charge in [-0.05, 0) is 85.5 Å². The number of amides is 2. The number of nitrogens with zero attached hydrogens (tertiary/aromatic N) is 5. The number of halogens is 3. The molecule has 46 heavy (non-hydrogen) atoms. The van der Waals surface area contributed by atoms with Gasteiger partial charge in [-0.2, -0.15) is 13.8 Å². The van der Waals surface area contributed by atoms with Crippen LogP contribution in [-0.2, 0) is 6.42 Å². The summed E-state index contributed by atoms with van der Waals surface area (Å²) in [5.74, 6) is 1.91. The summed E-state index contributed by atoms with van der Waals surface area (Å²) >= 11 is 1.64. The number of hydrogen-bond acceptors (Lipinski definition) is 5. The van der Waals surface area contributed by atoms with Crippen LogP contribution in [-0.4, -0.2) is 50.9 Å². The molecule has 2 aliphatic rings. The monoisotopic (exact) mass is 650 g/mol. The average molecular weight is 651 g/mol. The van der Waals surface area contributed by atoms with Gasteiger partial charge in [0.05, 0.1) is 5.69 Å². The molecule has 2 heterocycles. The third kappa shape index (κ3) is 7.72. The number of thioether (sulfide) groups is 1. The highest BCUT2D eigenvalue weighted by atomic mass is 32.2. The number of benzene rings is 3. The van der Waals surface area contributed by atoms with Crippen molar-refractivity contribution >= 4 is 28.6 Å². The number of hydrogen-bond donors (Lipinski definition) is 1. The van der Waals surface area contributed by atoms with E-state index in [2.05, 4.69) is 74.2 Å². The van der Waals surface area contributed by atoms with Gasteiger partial charge in [-0.15, -0.1) is 5.10 Å². The first-order valence-corrected chi connectivity index (χ1v) is 16.3. The van der Waals surface area contributed by atoms with E-state index in [1.54, 1.807) is 34.9 Å². The number of aromatic nitrogens is 3. The van der Waals surface area contributed by atoms with Crippen molar-refractivity contribution in [3.8, 4) is 22.8 Å². The predicted octanol–water partition coefficient (Wildman–Crippen LogP) is 7.90. The highest BCUT2D eigenvalue weighted by Gasteiger charge is 2.29. The van der Waals surface area contributed by atoms with E-state index in [0.29, 0.717) is 17.4 Å². The first-order valence-electron chi connectivity index (χ1n) is 15.3. The number of urea groups is 1. The van der Waals surface area contributed by atoms with Gasteiger partial charge in [-0.25, -0.2) is 14.5 Å². The van der Waals surface area contributed by atoms with E-state index in [9.17, 15) is 13.6 Å². The van der Waals surface area contributed by atoms with Gasteiger partial charge in [0.15, 0.2) is 11.0 Å². The molecule has 6 rings (SSSR count). The zero-order chi connectivity index (χ0) is 31.3. The Morgan fingerprint density at radius 1 is 1.11 bits per heavy atom. The summed E-state index contributed by atoms with van der Waals surface area (Å²) in [7, 11) is 0. The maximum atomic E-state index is 13.0. The summed E-state index contributed by atoms with van der Waals surface area (Å²) in [6, 6.07) is 20.8. The number of aliphatic imine (C=N–C) groups is 1. The molecule has 4 aromatic rings. The number of anilines is 1. The number of carbonyl (C=O) groups excluding carboxylic acids is 1. The van der Waals surface area contributed by atoms with Crippen LogP contribution in [0.25, 0.3) is 17.1 Å². The van der Waals surface area contributed by atoms with Crippen LogP contribution in [0.1, 0.15) is 55.2 Å². The third-order valence-electron chi connectivity index (χ3n) is 8.24. The van der Waals surface area contributed by atoms with Gasteiger partial charge in [0.2, 0.25) is 0 Å². The SMILES string of the molecule is CCCc1ccc(C)cc1N1CCSC1=NC(=O)NC1CCC(c2ccc(-c3ncn(-c4ccc(OC(F)F)cc4)n3)cc2)C1.F. The Labute approximate surface area is 270 Å². The molecular weight excluding hydrogens is 613 g/mol. The first kappa shape index (κ1) is 33.1. The number of ether oxygens (including phenoxy) is 1. The van der Waals surface area contributed by atoms with Gasteiger partial charge in [-0.1, -0.05) is 61.5 Å². The molecule has 3 aromatic carbocycles. The van der Waals surface area contributed by atoms with Crippen LogP contribution >= 0.6 is 11.8 Å². The second-order valence-corrected chi connectivity index (χ2v) is 12.5. The minimum absolute atomic E-state index is 0. The molecule has 1 aliphatic heterocycles. The van der Waals surface area contributed by atoms with Crippen LogP contribution in [0.4, 0.5) is 24.0 Å². The lowest BCUT2D eigenvalue weighted by molar-refractivity contribution is -0.0498. The molecule has 0 radical (unpaired) electrons. The van der Waals surface area contributed by atoms with Gasteiger partial charge < -0.3 is 15.0 Å². The molecule has 1 aliphatic carbocycles. The molecule has 0 spiro atoms. The van der Waals surface area contributed by atoms with Crippen molar-refractivity contribution in [2.75, 3.05) is 17.2 Å². The number of carbonyl (C=O) groups is 1. The van der Waals surface area contributed by atoms with Gasteiger partial charge in [0, 0.05) is 29.6 Å². The van der Waals surface area contributed by atoms with Crippen molar-refractivity contribution in [2.45, 2.75) is 64.5 Å². The van der Waals surface area contributed by atoms with E-state index >= 15 is 0 Å². The normalized spacial score (nSPS) is 18.6. The van der Waals surface area contributed by atoms with Gasteiger partial charge in [-0.3, -0.25) is 4.70 Å². The zero-order valence-electron chi connectivity index (χ0n) is 25.7. The van der Waals surface area contributed by atoms with E-state index < -0.39 is 6.61 Å². The highest BCUT2D eigenvalue weighted by Crippen LogP contribution is 2.36. The summed E-state index contributed by atoms with van der Waals surface area (Å²) in [6.07, 6.45) is 6.42. The van der Waals surface area contributed by atoms with Crippen molar-refractivity contribution in [1.82, 2.24) is 20.1 Å². The van der Waals surface area contributed by atoms with Crippen LogP contribution in [0.5, 0.6) is 5.75 Å². The summed E-state index contributed by atoms with van der Waals surface area (Å²) in [5, 5.41) is 8.48. The fourth-order valence-electron chi connectivity index (χ4n) is 6.04. The molecule has 242 valence electrons. The standard InChI is InChI=1S/C34H36F2N6O2S.FH/c1-3-4-24-6-5-22(2)19-30(24)41-17-18-45-34(41)39-33(43)38-27-12-11-26(20-27)23-7-9-25(10-8-23)31-37-21-42(40-31)28-13-15-29(16-14-28)44-32(35)36;/h5-10,13-16,19,21,26-27,32H,3-4,11-12,17-18,20H2,1-2H3,(H,38,43);1H. The summed E-state index contributed by atoms with van der Waals surface area (Å²) < 4.78 is 30.9. The van der Waals surface area contributed by atoms with Crippen LogP contribution < -0.4 is 15.0 Å². The van der Waals surface area contributed by atoms with Crippen molar-refractivity contribution in [1.29, 1.82) is 0 Å².